The molecule has 1 unspecified atom stereocenters. The molecule has 2 amide bonds. The predicted molar refractivity (Wildman–Crippen MR) is 83.3 cm³/mol. The van der Waals surface area contributed by atoms with E-state index >= 15 is 0 Å². The molecular weight excluding hydrogens is 284 g/mol. The number of amides is 2. The number of thioether (sulfide) groups is 1. The van der Waals surface area contributed by atoms with Gasteiger partial charge in [-0.15, -0.1) is 11.8 Å². The average Bonchev–Trinajstić information content (AvgIpc) is 2.87. The fourth-order valence-corrected chi connectivity index (χ4v) is 4.24. The minimum Gasteiger partial charge on any atom is -0.332 e. The highest BCUT2D eigenvalue weighted by Crippen LogP contribution is 2.39. The molecule has 0 aromatic heterocycles. The lowest BCUT2D eigenvalue weighted by atomic mass is 10.0. The Balaban J connectivity index is 1.70. The van der Waals surface area contributed by atoms with Gasteiger partial charge in [0.15, 0.2) is 0 Å². The summed E-state index contributed by atoms with van der Waals surface area (Å²) in [4.78, 5) is 29.1. The minimum absolute atomic E-state index is 0.0892. The third-order valence-electron chi connectivity index (χ3n) is 4.20. The zero-order chi connectivity index (χ0) is 15.0. The number of carbonyl (C=O) groups is 2. The van der Waals surface area contributed by atoms with E-state index in [-0.39, 0.29) is 17.9 Å². The molecule has 1 atom stereocenters. The quantitative estimate of drug-likeness (QED) is 0.802. The molecule has 21 heavy (non-hydrogen) atoms. The molecule has 5 heteroatoms. The van der Waals surface area contributed by atoms with E-state index in [4.69, 9.17) is 0 Å². The number of hydrogen-bond acceptors (Lipinski definition) is 3. The molecule has 4 nitrogen and oxygen atoms in total. The van der Waals surface area contributed by atoms with Crippen LogP contribution >= 0.6 is 11.8 Å². The maximum atomic E-state index is 12.3. The van der Waals surface area contributed by atoms with Crippen molar-refractivity contribution in [2.24, 2.45) is 0 Å². The average molecular weight is 304 g/mol. The second-order valence-corrected chi connectivity index (χ2v) is 6.95. The Hall–Kier alpha value is -1.49. The van der Waals surface area contributed by atoms with Crippen LogP contribution in [0.2, 0.25) is 0 Å². The summed E-state index contributed by atoms with van der Waals surface area (Å²) < 4.78 is 0. The number of benzene rings is 1. The topological polar surface area (TPSA) is 40.6 Å². The van der Waals surface area contributed by atoms with Gasteiger partial charge in [-0.25, -0.2) is 0 Å². The van der Waals surface area contributed by atoms with Gasteiger partial charge in [0.25, 0.3) is 0 Å². The molecule has 0 aliphatic carbocycles. The van der Waals surface area contributed by atoms with Crippen molar-refractivity contribution in [2.75, 3.05) is 25.4 Å². The van der Waals surface area contributed by atoms with Gasteiger partial charge in [0.1, 0.15) is 0 Å². The Kier molecular flexibility index (Phi) is 3.93. The molecule has 0 spiro atoms. The third kappa shape index (κ3) is 2.67. The zero-order valence-corrected chi connectivity index (χ0v) is 13.2. The summed E-state index contributed by atoms with van der Waals surface area (Å²) in [5.41, 5.74) is 1.31. The van der Waals surface area contributed by atoms with Crippen molar-refractivity contribution in [2.45, 2.75) is 30.7 Å². The summed E-state index contributed by atoms with van der Waals surface area (Å²) in [6.07, 6.45) is 0. The Labute approximate surface area is 129 Å². The number of piperazine rings is 1. The van der Waals surface area contributed by atoms with Gasteiger partial charge >= 0.3 is 11.8 Å². The first-order chi connectivity index (χ1) is 10.1. The van der Waals surface area contributed by atoms with Gasteiger partial charge in [0, 0.05) is 42.2 Å². The molecule has 2 aliphatic rings. The molecule has 1 aromatic rings. The lowest BCUT2D eigenvalue weighted by Crippen LogP contribution is -2.56. The van der Waals surface area contributed by atoms with Crippen molar-refractivity contribution >= 4 is 23.6 Å². The molecular formula is C16H20N2O2S. The Morgan fingerprint density at radius 2 is 1.95 bits per heavy atom. The number of nitrogens with zero attached hydrogens (tertiary/aromatic N) is 2. The highest BCUT2D eigenvalue weighted by Gasteiger charge is 2.36. The number of hydrogen-bond donors (Lipinski definition) is 0. The van der Waals surface area contributed by atoms with Crippen LogP contribution in [0, 0.1) is 0 Å². The molecule has 1 aromatic carbocycles. The van der Waals surface area contributed by atoms with Gasteiger partial charge < -0.3 is 9.80 Å². The van der Waals surface area contributed by atoms with Gasteiger partial charge in [0.05, 0.1) is 0 Å². The van der Waals surface area contributed by atoms with Crippen LogP contribution in [0.4, 0.5) is 0 Å². The number of carbonyl (C=O) groups excluding carboxylic acids is 2. The van der Waals surface area contributed by atoms with Crippen molar-refractivity contribution in [3.8, 4) is 0 Å². The molecule has 1 saturated heterocycles. The zero-order valence-electron chi connectivity index (χ0n) is 12.4. The highest BCUT2D eigenvalue weighted by molar-refractivity contribution is 7.99. The fourth-order valence-electron chi connectivity index (χ4n) is 3.00. The summed E-state index contributed by atoms with van der Waals surface area (Å²) in [5, 5.41) is 0. The summed E-state index contributed by atoms with van der Waals surface area (Å²) in [5.74, 6) is 0.638. The Bertz CT molecular complexity index is 573. The largest absolute Gasteiger partial charge is 0.332 e. The second kappa shape index (κ2) is 5.72. The van der Waals surface area contributed by atoms with Crippen LogP contribution in [0.1, 0.15) is 25.3 Å². The summed E-state index contributed by atoms with van der Waals surface area (Å²) in [6, 6.07) is 8.44. The minimum atomic E-state index is -0.352. The van der Waals surface area contributed by atoms with Crippen LogP contribution in [-0.2, 0) is 9.59 Å². The van der Waals surface area contributed by atoms with E-state index in [0.717, 1.165) is 5.75 Å². The molecule has 1 fully saturated rings. The Morgan fingerprint density at radius 1 is 1.19 bits per heavy atom. The van der Waals surface area contributed by atoms with Crippen LogP contribution in [0.15, 0.2) is 29.2 Å². The standard InChI is InChI=1S/C16H20N2O2S/c1-11(2)18-8-7-17(15(19)16(18)20)9-12-10-21-14-6-4-3-5-13(12)14/h3-6,11-12H,7-10H2,1-2H3. The van der Waals surface area contributed by atoms with Gasteiger partial charge in [-0.05, 0) is 25.5 Å². The molecule has 0 saturated carbocycles. The molecule has 2 aliphatic heterocycles. The lowest BCUT2D eigenvalue weighted by molar-refractivity contribution is -0.157. The molecule has 2 heterocycles. The van der Waals surface area contributed by atoms with Gasteiger partial charge in [-0.1, -0.05) is 18.2 Å². The molecule has 0 N–H and O–H groups in total. The van der Waals surface area contributed by atoms with Crippen molar-refractivity contribution in [3.63, 3.8) is 0 Å². The predicted octanol–water partition coefficient (Wildman–Crippen LogP) is 1.96. The van der Waals surface area contributed by atoms with E-state index in [0.29, 0.717) is 25.6 Å². The van der Waals surface area contributed by atoms with E-state index in [2.05, 4.69) is 12.1 Å². The van der Waals surface area contributed by atoms with Crippen molar-refractivity contribution in [1.82, 2.24) is 9.80 Å². The normalized spacial score (nSPS) is 22.1. The van der Waals surface area contributed by atoms with Crippen LogP contribution in [-0.4, -0.2) is 53.0 Å². The van der Waals surface area contributed by atoms with Crippen LogP contribution < -0.4 is 0 Å². The summed E-state index contributed by atoms with van der Waals surface area (Å²) in [7, 11) is 0. The molecule has 3 rings (SSSR count). The first kappa shape index (κ1) is 14.4. The Morgan fingerprint density at radius 3 is 2.71 bits per heavy atom. The second-order valence-electron chi connectivity index (χ2n) is 5.89. The van der Waals surface area contributed by atoms with Crippen LogP contribution in [0.3, 0.4) is 0 Å². The maximum absolute atomic E-state index is 12.3. The van der Waals surface area contributed by atoms with E-state index in [1.54, 1.807) is 9.80 Å². The van der Waals surface area contributed by atoms with E-state index < -0.39 is 0 Å². The van der Waals surface area contributed by atoms with Crippen LogP contribution in [0.5, 0.6) is 0 Å². The first-order valence-electron chi connectivity index (χ1n) is 7.39. The molecule has 112 valence electrons. The third-order valence-corrected chi connectivity index (χ3v) is 5.46. The smallest absolute Gasteiger partial charge is 0.312 e. The monoisotopic (exact) mass is 304 g/mol. The van der Waals surface area contributed by atoms with E-state index in [9.17, 15) is 9.59 Å². The number of rotatable bonds is 3. The van der Waals surface area contributed by atoms with Gasteiger partial charge in [-0.3, -0.25) is 9.59 Å². The lowest BCUT2D eigenvalue weighted by Gasteiger charge is -2.37. The van der Waals surface area contributed by atoms with Crippen LogP contribution in [0.25, 0.3) is 0 Å². The van der Waals surface area contributed by atoms with Crippen molar-refractivity contribution in [3.05, 3.63) is 29.8 Å². The highest BCUT2D eigenvalue weighted by atomic mass is 32.2. The van der Waals surface area contributed by atoms with Crippen molar-refractivity contribution < 1.29 is 9.59 Å². The SMILES string of the molecule is CC(C)N1CCN(CC2CSc3ccccc32)C(=O)C1=O. The summed E-state index contributed by atoms with van der Waals surface area (Å²) >= 11 is 1.84. The van der Waals surface area contributed by atoms with Gasteiger partial charge in [0.2, 0.25) is 0 Å². The maximum Gasteiger partial charge on any atom is 0.312 e. The van der Waals surface area contributed by atoms with Gasteiger partial charge in [-0.2, -0.15) is 0 Å². The van der Waals surface area contributed by atoms with E-state index in [1.807, 2.05) is 37.7 Å². The summed E-state index contributed by atoms with van der Waals surface area (Å²) in [6.45, 7) is 5.84. The molecule has 0 bridgehead atoms. The first-order valence-corrected chi connectivity index (χ1v) is 8.38. The number of fused-ring (bicyclic) bond motifs is 1. The van der Waals surface area contributed by atoms with Crippen molar-refractivity contribution in [1.29, 1.82) is 0 Å². The molecule has 0 radical (unpaired) electrons. The van der Waals surface area contributed by atoms with E-state index in [1.165, 1.54) is 10.5 Å². The fraction of sp³-hybridized carbons (Fsp3) is 0.500.